The Morgan fingerprint density at radius 1 is 1.21 bits per heavy atom. The van der Waals surface area contributed by atoms with Crippen LogP contribution in [-0.4, -0.2) is 56.5 Å². The summed E-state index contributed by atoms with van der Waals surface area (Å²) in [6, 6.07) is 11.7. The molecule has 3 rings (SSSR count). The second-order valence-electron chi connectivity index (χ2n) is 6.45. The third kappa shape index (κ3) is 5.09. The molecule has 0 spiro atoms. The molecule has 2 N–H and O–H groups in total. The van der Waals surface area contributed by atoms with Gasteiger partial charge in [0.25, 0.3) is 5.91 Å². The predicted molar refractivity (Wildman–Crippen MR) is 109 cm³/mol. The highest BCUT2D eigenvalue weighted by atomic mass is 79.9. The van der Waals surface area contributed by atoms with Crippen LogP contribution in [0.25, 0.3) is 0 Å². The van der Waals surface area contributed by atoms with Crippen molar-refractivity contribution in [3.05, 3.63) is 58.1 Å². The Kier molecular flexibility index (Phi) is 6.66. The molecule has 1 aliphatic rings. The number of nitrogens with one attached hydrogen (secondary N) is 1. The minimum absolute atomic E-state index is 0.104. The van der Waals surface area contributed by atoms with Gasteiger partial charge in [0.05, 0.1) is 37.2 Å². The normalized spacial score (nSPS) is 16.4. The molecule has 1 fully saturated rings. The van der Waals surface area contributed by atoms with E-state index in [-0.39, 0.29) is 17.6 Å². The zero-order valence-electron chi connectivity index (χ0n) is 15.4. The number of carbonyl (C=O) groups excluding carboxylic acids is 1. The van der Waals surface area contributed by atoms with Gasteiger partial charge in [-0.2, -0.15) is 0 Å². The Balaban J connectivity index is 1.75. The molecule has 8 heteroatoms. The number of aromatic carboxylic acids is 1. The van der Waals surface area contributed by atoms with Crippen molar-refractivity contribution in [2.24, 2.45) is 0 Å². The second-order valence-corrected chi connectivity index (χ2v) is 7.36. The molecule has 1 amide bonds. The Morgan fingerprint density at radius 2 is 1.96 bits per heavy atom. The van der Waals surface area contributed by atoms with E-state index in [0.717, 1.165) is 4.47 Å². The zero-order valence-corrected chi connectivity index (χ0v) is 16.9. The van der Waals surface area contributed by atoms with Crippen LogP contribution in [0.15, 0.2) is 46.9 Å². The first-order valence-electron chi connectivity index (χ1n) is 8.79. The Bertz CT molecular complexity index is 850. The minimum Gasteiger partial charge on any atom is -0.478 e. The van der Waals surface area contributed by atoms with E-state index in [9.17, 15) is 14.7 Å². The summed E-state index contributed by atoms with van der Waals surface area (Å²) in [4.78, 5) is 26.0. The highest BCUT2D eigenvalue weighted by Gasteiger charge is 2.20. The van der Waals surface area contributed by atoms with Gasteiger partial charge < -0.3 is 24.8 Å². The molecule has 148 valence electrons. The molecule has 28 heavy (non-hydrogen) atoms. The molecule has 1 atom stereocenters. The molecule has 1 saturated heterocycles. The van der Waals surface area contributed by atoms with E-state index in [2.05, 4.69) is 21.2 Å². The molecule has 0 bridgehead atoms. The van der Waals surface area contributed by atoms with Crippen molar-refractivity contribution in [2.75, 3.05) is 43.6 Å². The first kappa shape index (κ1) is 20.3. The van der Waals surface area contributed by atoms with E-state index in [4.69, 9.17) is 9.47 Å². The maximum absolute atomic E-state index is 12.4. The Hall–Kier alpha value is -2.42. The van der Waals surface area contributed by atoms with Crippen LogP contribution >= 0.6 is 15.9 Å². The number of anilines is 2. The molecule has 0 aromatic heterocycles. The predicted octanol–water partition coefficient (Wildman–Crippen LogP) is 3.25. The summed E-state index contributed by atoms with van der Waals surface area (Å²) in [7, 11) is 1.81. The van der Waals surface area contributed by atoms with Crippen molar-refractivity contribution in [2.45, 2.75) is 6.10 Å². The minimum atomic E-state index is -1.07. The average molecular weight is 449 g/mol. The molecule has 0 unspecified atom stereocenters. The van der Waals surface area contributed by atoms with Gasteiger partial charge >= 0.3 is 5.97 Å². The number of likely N-dealkylation sites (N-methyl/N-ethyl adjacent to an activating group) is 1. The third-order valence-corrected chi connectivity index (χ3v) is 4.89. The molecule has 1 heterocycles. The number of amides is 1. The number of hydrogen-bond acceptors (Lipinski definition) is 5. The lowest BCUT2D eigenvalue weighted by atomic mass is 10.1. The van der Waals surface area contributed by atoms with Crippen molar-refractivity contribution in [3.63, 3.8) is 0 Å². The molecule has 2 aromatic carbocycles. The molecule has 7 nitrogen and oxygen atoms in total. The molecular formula is C20H21BrN2O5. The highest BCUT2D eigenvalue weighted by molar-refractivity contribution is 9.10. The van der Waals surface area contributed by atoms with Gasteiger partial charge in [-0.3, -0.25) is 4.79 Å². The molecule has 1 aliphatic heterocycles. The van der Waals surface area contributed by atoms with E-state index in [1.165, 1.54) is 6.07 Å². The summed E-state index contributed by atoms with van der Waals surface area (Å²) in [5.74, 6) is -1.37. The van der Waals surface area contributed by atoms with Crippen molar-refractivity contribution < 1.29 is 24.2 Å². The quantitative estimate of drug-likeness (QED) is 0.704. The zero-order chi connectivity index (χ0) is 20.1. The Labute approximate surface area is 171 Å². The van der Waals surface area contributed by atoms with Gasteiger partial charge in [-0.25, -0.2) is 4.79 Å². The maximum atomic E-state index is 12.4. The fourth-order valence-corrected chi connectivity index (χ4v) is 3.23. The molecule has 0 aliphatic carbocycles. The number of rotatable bonds is 6. The van der Waals surface area contributed by atoms with E-state index < -0.39 is 5.97 Å². The summed E-state index contributed by atoms with van der Waals surface area (Å²) < 4.78 is 11.9. The van der Waals surface area contributed by atoms with Crippen LogP contribution in [0.3, 0.4) is 0 Å². The molecule has 0 saturated carbocycles. The average Bonchev–Trinajstić information content (AvgIpc) is 2.69. The van der Waals surface area contributed by atoms with Crippen LogP contribution < -0.4 is 10.2 Å². The van der Waals surface area contributed by atoms with Gasteiger partial charge in [-0.15, -0.1) is 0 Å². The Morgan fingerprint density at radius 3 is 2.61 bits per heavy atom. The van der Waals surface area contributed by atoms with Crippen LogP contribution in [0.4, 0.5) is 11.4 Å². The number of ether oxygens (including phenoxy) is 2. The molecule has 0 radical (unpaired) electrons. The number of carbonyl (C=O) groups is 2. The third-order valence-electron chi connectivity index (χ3n) is 4.36. The summed E-state index contributed by atoms with van der Waals surface area (Å²) >= 11 is 3.33. The van der Waals surface area contributed by atoms with Gasteiger partial charge in [0, 0.05) is 29.3 Å². The number of hydrogen-bond donors (Lipinski definition) is 2. The van der Waals surface area contributed by atoms with Gasteiger partial charge in [0.15, 0.2) is 0 Å². The van der Waals surface area contributed by atoms with E-state index in [0.29, 0.717) is 43.3 Å². The van der Waals surface area contributed by atoms with Crippen molar-refractivity contribution in [3.8, 4) is 0 Å². The second kappa shape index (κ2) is 9.18. The van der Waals surface area contributed by atoms with Crippen molar-refractivity contribution in [1.82, 2.24) is 0 Å². The highest BCUT2D eigenvalue weighted by Crippen LogP contribution is 2.25. The molecule has 2 aromatic rings. The SMILES string of the molecule is CN(C[C@H]1COCCO1)c1ccc(NC(=O)c2ccc(Br)cc2)cc1C(=O)O. The van der Waals surface area contributed by atoms with Gasteiger partial charge in [-0.05, 0) is 42.5 Å². The summed E-state index contributed by atoms with van der Waals surface area (Å²) in [5.41, 5.74) is 1.55. The number of halogens is 1. The van der Waals surface area contributed by atoms with Crippen molar-refractivity contribution >= 4 is 39.2 Å². The van der Waals surface area contributed by atoms with Crippen LogP contribution in [0.1, 0.15) is 20.7 Å². The van der Waals surface area contributed by atoms with E-state index in [1.807, 2.05) is 4.90 Å². The van der Waals surface area contributed by atoms with E-state index >= 15 is 0 Å². The van der Waals surface area contributed by atoms with Crippen LogP contribution in [0.2, 0.25) is 0 Å². The standard InChI is InChI=1S/C20H21BrN2O5/c1-23(11-16-12-27-8-9-28-16)18-7-6-15(10-17(18)20(25)26)22-19(24)13-2-4-14(21)5-3-13/h2-7,10,16H,8-9,11-12H2,1H3,(H,22,24)(H,25,26)/t16-/m0/s1. The number of carboxylic acid groups (broad SMARTS) is 1. The van der Waals surface area contributed by atoms with Crippen molar-refractivity contribution in [1.29, 1.82) is 0 Å². The lowest BCUT2D eigenvalue weighted by Gasteiger charge is -2.29. The maximum Gasteiger partial charge on any atom is 0.337 e. The fraction of sp³-hybridized carbons (Fsp3) is 0.300. The smallest absolute Gasteiger partial charge is 0.337 e. The lowest BCUT2D eigenvalue weighted by Crippen LogP contribution is -2.38. The summed E-state index contributed by atoms with van der Waals surface area (Å²) in [6.45, 7) is 2.09. The first-order valence-corrected chi connectivity index (χ1v) is 9.58. The van der Waals surface area contributed by atoms with Crippen LogP contribution in [0, 0.1) is 0 Å². The fourth-order valence-electron chi connectivity index (χ4n) is 2.97. The van der Waals surface area contributed by atoms with E-state index in [1.54, 1.807) is 43.4 Å². The van der Waals surface area contributed by atoms with Gasteiger partial charge in [-0.1, -0.05) is 15.9 Å². The van der Waals surface area contributed by atoms with Gasteiger partial charge in [0.1, 0.15) is 0 Å². The largest absolute Gasteiger partial charge is 0.478 e. The molecular weight excluding hydrogens is 428 g/mol. The van der Waals surface area contributed by atoms with Crippen LogP contribution in [-0.2, 0) is 9.47 Å². The monoisotopic (exact) mass is 448 g/mol. The topological polar surface area (TPSA) is 88.1 Å². The number of nitrogens with zero attached hydrogens (tertiary/aromatic N) is 1. The first-order chi connectivity index (χ1) is 13.4. The van der Waals surface area contributed by atoms with Gasteiger partial charge in [0.2, 0.25) is 0 Å². The number of carboxylic acids is 1. The summed E-state index contributed by atoms with van der Waals surface area (Å²) in [5, 5.41) is 12.4. The lowest BCUT2D eigenvalue weighted by molar-refractivity contribution is -0.0837. The summed E-state index contributed by atoms with van der Waals surface area (Å²) in [6.07, 6.45) is -0.114. The number of benzene rings is 2. The van der Waals surface area contributed by atoms with Crippen LogP contribution in [0.5, 0.6) is 0 Å².